The second-order valence-corrected chi connectivity index (χ2v) is 1.97. The van der Waals surface area contributed by atoms with E-state index in [-0.39, 0.29) is 21.7 Å². The van der Waals surface area contributed by atoms with Crippen LogP contribution in [0.3, 0.4) is 0 Å². The van der Waals surface area contributed by atoms with Crippen molar-refractivity contribution < 1.29 is 21.7 Å². The summed E-state index contributed by atoms with van der Waals surface area (Å²) in [5.74, 6) is 0. The Kier molecular flexibility index (Phi) is 7.37. The average molecular weight is 143 g/mol. The Morgan fingerprint density at radius 2 is 1.62 bits per heavy atom. The zero-order valence-corrected chi connectivity index (χ0v) is 7.22. The second-order valence-electron chi connectivity index (χ2n) is 1.97. The molecule has 0 N–H and O–H groups in total. The van der Waals surface area contributed by atoms with Gasteiger partial charge in [-0.3, -0.25) is 6.58 Å². The van der Waals surface area contributed by atoms with Crippen LogP contribution in [0.4, 0.5) is 0 Å². The zero-order chi connectivity index (χ0) is 5.86. The molecule has 0 spiro atoms. The number of rotatable bonds is 1. The minimum Gasteiger partial charge on any atom is -0.290 e. The van der Waals surface area contributed by atoms with E-state index in [0.717, 1.165) is 5.57 Å². The van der Waals surface area contributed by atoms with Crippen LogP contribution in [-0.4, -0.2) is 0 Å². The molecule has 0 atom stereocenters. The SMILES string of the molecule is [CH-]=C(C)C=C(C)C.[Ti]. The van der Waals surface area contributed by atoms with E-state index in [1.807, 2.05) is 26.8 Å². The summed E-state index contributed by atoms with van der Waals surface area (Å²) in [6.07, 6.45) is 1.94. The fourth-order valence-corrected chi connectivity index (χ4v) is 0.455. The topological polar surface area (TPSA) is 0 Å². The Labute approximate surface area is 66.6 Å². The third-order valence-electron chi connectivity index (χ3n) is 0.516. The van der Waals surface area contributed by atoms with Crippen molar-refractivity contribution in [1.82, 2.24) is 0 Å². The third kappa shape index (κ3) is 9.50. The van der Waals surface area contributed by atoms with Crippen LogP contribution in [0.25, 0.3) is 0 Å². The molecule has 0 radical (unpaired) electrons. The number of hydrogen-bond acceptors (Lipinski definition) is 0. The van der Waals surface area contributed by atoms with Crippen LogP contribution in [0, 0.1) is 6.58 Å². The van der Waals surface area contributed by atoms with Crippen molar-refractivity contribution >= 4 is 0 Å². The van der Waals surface area contributed by atoms with Gasteiger partial charge >= 0.3 is 0 Å². The molecular weight excluding hydrogens is 132 g/mol. The quantitative estimate of drug-likeness (QED) is 0.300. The molecule has 0 nitrogen and oxygen atoms in total. The van der Waals surface area contributed by atoms with Gasteiger partial charge in [-0.1, -0.05) is 20.8 Å². The predicted molar refractivity (Wildman–Crippen MR) is 32.9 cm³/mol. The molecule has 44 valence electrons. The molecule has 8 heavy (non-hydrogen) atoms. The monoisotopic (exact) mass is 143 g/mol. The van der Waals surface area contributed by atoms with Gasteiger partial charge in [0.05, 0.1) is 0 Å². The summed E-state index contributed by atoms with van der Waals surface area (Å²) in [5.41, 5.74) is 2.13. The molecule has 0 fully saturated rings. The van der Waals surface area contributed by atoms with Crippen LogP contribution in [0.15, 0.2) is 17.2 Å². The van der Waals surface area contributed by atoms with Crippen molar-refractivity contribution in [3.63, 3.8) is 0 Å². The molecule has 0 aromatic rings. The molecular formula is C7H11Ti-. The van der Waals surface area contributed by atoms with Crippen LogP contribution in [0.2, 0.25) is 0 Å². The fourth-order valence-electron chi connectivity index (χ4n) is 0.455. The molecule has 0 aromatic heterocycles. The summed E-state index contributed by atoms with van der Waals surface area (Å²) in [7, 11) is 0. The van der Waals surface area contributed by atoms with E-state index in [0.29, 0.717) is 0 Å². The Bertz CT molecular complexity index is 97.0. The molecule has 1 heteroatoms. The largest absolute Gasteiger partial charge is 0.290 e. The van der Waals surface area contributed by atoms with Gasteiger partial charge in [-0.15, -0.1) is 0 Å². The van der Waals surface area contributed by atoms with Crippen LogP contribution < -0.4 is 0 Å². The zero-order valence-electron chi connectivity index (χ0n) is 5.65. The molecule has 0 amide bonds. The van der Waals surface area contributed by atoms with E-state index in [1.165, 1.54) is 5.57 Å². The minimum absolute atomic E-state index is 0. The third-order valence-corrected chi connectivity index (χ3v) is 0.516. The van der Waals surface area contributed by atoms with Crippen molar-refractivity contribution in [2.24, 2.45) is 0 Å². The Morgan fingerprint density at radius 3 is 1.62 bits per heavy atom. The number of hydrogen-bond donors (Lipinski definition) is 0. The van der Waals surface area contributed by atoms with Crippen molar-refractivity contribution in [2.45, 2.75) is 20.8 Å². The maximum Gasteiger partial charge on any atom is 0 e. The fraction of sp³-hybridized carbons (Fsp3) is 0.429. The van der Waals surface area contributed by atoms with Crippen LogP contribution >= 0.6 is 0 Å². The molecule has 0 aromatic carbocycles. The van der Waals surface area contributed by atoms with Crippen LogP contribution in [-0.2, 0) is 21.7 Å². The molecule has 0 aliphatic carbocycles. The summed E-state index contributed by atoms with van der Waals surface area (Å²) >= 11 is 0. The summed E-state index contributed by atoms with van der Waals surface area (Å²) in [4.78, 5) is 0. The standard InChI is InChI=1S/C7H11.Ti/c1-6(2)5-7(3)4;/h1,5H,2-4H3;/q-1;. The van der Waals surface area contributed by atoms with Gasteiger partial charge in [0.2, 0.25) is 0 Å². The van der Waals surface area contributed by atoms with Crippen molar-refractivity contribution in [3.05, 3.63) is 23.8 Å². The van der Waals surface area contributed by atoms with Gasteiger partial charge in [-0.05, 0) is 0 Å². The molecule has 0 heterocycles. The molecule has 0 aliphatic heterocycles. The smallest absolute Gasteiger partial charge is 0 e. The first-order valence-corrected chi connectivity index (χ1v) is 2.37. The Morgan fingerprint density at radius 1 is 1.25 bits per heavy atom. The molecule has 0 aliphatic rings. The van der Waals surface area contributed by atoms with Gasteiger partial charge in [0.1, 0.15) is 0 Å². The van der Waals surface area contributed by atoms with Gasteiger partial charge in [0, 0.05) is 21.7 Å². The van der Waals surface area contributed by atoms with Gasteiger partial charge in [0.15, 0.2) is 0 Å². The Hall–Kier alpha value is 0.194. The van der Waals surface area contributed by atoms with E-state index in [4.69, 9.17) is 6.58 Å². The molecule has 0 saturated carbocycles. The Balaban J connectivity index is 0. The average Bonchev–Trinajstić information content (AvgIpc) is 1.27. The summed E-state index contributed by atoms with van der Waals surface area (Å²) in [6.45, 7) is 11.3. The van der Waals surface area contributed by atoms with Gasteiger partial charge in [0.25, 0.3) is 0 Å². The van der Waals surface area contributed by atoms with Crippen LogP contribution in [0.5, 0.6) is 0 Å². The maximum absolute atomic E-state index is 5.33. The maximum atomic E-state index is 5.33. The van der Waals surface area contributed by atoms with Crippen molar-refractivity contribution in [1.29, 1.82) is 0 Å². The van der Waals surface area contributed by atoms with E-state index in [9.17, 15) is 0 Å². The van der Waals surface area contributed by atoms with E-state index in [1.54, 1.807) is 0 Å². The second kappa shape index (κ2) is 5.33. The minimum atomic E-state index is 0. The van der Waals surface area contributed by atoms with E-state index in [2.05, 4.69) is 0 Å². The van der Waals surface area contributed by atoms with Crippen LogP contribution in [0.1, 0.15) is 20.8 Å². The van der Waals surface area contributed by atoms with Gasteiger partial charge in [-0.25, -0.2) is 11.6 Å². The normalized spacial score (nSPS) is 6.88. The first kappa shape index (κ1) is 11.1. The van der Waals surface area contributed by atoms with Gasteiger partial charge < -0.3 is 0 Å². The summed E-state index contributed by atoms with van der Waals surface area (Å²) in [5, 5.41) is 0. The van der Waals surface area contributed by atoms with Gasteiger partial charge in [-0.2, -0.15) is 5.57 Å². The van der Waals surface area contributed by atoms with E-state index < -0.39 is 0 Å². The van der Waals surface area contributed by atoms with E-state index >= 15 is 0 Å². The van der Waals surface area contributed by atoms with Crippen molar-refractivity contribution in [2.75, 3.05) is 0 Å². The summed E-state index contributed by atoms with van der Waals surface area (Å²) in [6, 6.07) is 0. The predicted octanol–water partition coefficient (Wildman–Crippen LogP) is 2.33. The molecule has 0 saturated heterocycles. The summed E-state index contributed by atoms with van der Waals surface area (Å²) < 4.78 is 0. The first-order chi connectivity index (χ1) is 3.13. The number of allylic oxidation sites excluding steroid dienone is 3. The molecule has 0 rings (SSSR count). The first-order valence-electron chi connectivity index (χ1n) is 2.37. The molecule has 0 unspecified atom stereocenters. The molecule has 0 bridgehead atoms. The van der Waals surface area contributed by atoms with Crippen molar-refractivity contribution in [3.8, 4) is 0 Å².